The summed E-state index contributed by atoms with van der Waals surface area (Å²) in [5.74, 6) is 0.708. The van der Waals surface area contributed by atoms with Gasteiger partial charge in [-0.15, -0.1) is 0 Å². The molecule has 0 fully saturated rings. The van der Waals surface area contributed by atoms with Crippen LogP contribution in [0.4, 0.5) is 0 Å². The van der Waals surface area contributed by atoms with Gasteiger partial charge in [-0.3, -0.25) is 4.79 Å². The van der Waals surface area contributed by atoms with Gasteiger partial charge in [0.25, 0.3) is 0 Å². The SMILES string of the molecule is CC(O)COCc1c(Cl)ccc(Cl)c1Cl.CCC(=O)c1c(C(C)C)cc2c(c1C)CCC2(C)C. The molecule has 0 saturated heterocycles. The van der Waals surface area contributed by atoms with Gasteiger partial charge in [-0.05, 0) is 72.4 Å². The van der Waals surface area contributed by atoms with E-state index in [1.165, 1.54) is 28.7 Å². The van der Waals surface area contributed by atoms with Crippen LogP contribution in [0.2, 0.25) is 15.1 Å². The lowest BCUT2D eigenvalue weighted by atomic mass is 9.80. The molecule has 34 heavy (non-hydrogen) atoms. The third-order valence-electron chi connectivity index (χ3n) is 6.44. The number of hydrogen-bond donors (Lipinski definition) is 1. The number of halogens is 3. The van der Waals surface area contributed by atoms with Crippen molar-refractivity contribution in [1.82, 2.24) is 0 Å². The van der Waals surface area contributed by atoms with Gasteiger partial charge in [-0.2, -0.15) is 0 Å². The largest absolute Gasteiger partial charge is 0.391 e. The molecule has 0 radical (unpaired) electrons. The van der Waals surface area contributed by atoms with E-state index >= 15 is 0 Å². The lowest BCUT2D eigenvalue weighted by Crippen LogP contribution is -2.15. The van der Waals surface area contributed by atoms with E-state index in [2.05, 4.69) is 40.7 Å². The highest BCUT2D eigenvalue weighted by molar-refractivity contribution is 6.44. The second kappa shape index (κ2) is 12.2. The van der Waals surface area contributed by atoms with Gasteiger partial charge < -0.3 is 9.84 Å². The van der Waals surface area contributed by atoms with E-state index in [0.29, 0.717) is 38.8 Å². The minimum atomic E-state index is -0.512. The second-order valence-corrected chi connectivity index (χ2v) is 11.2. The van der Waals surface area contributed by atoms with Gasteiger partial charge in [-0.1, -0.05) is 75.5 Å². The molecule has 1 N–H and O–H groups in total. The van der Waals surface area contributed by atoms with Crippen LogP contribution < -0.4 is 0 Å². The summed E-state index contributed by atoms with van der Waals surface area (Å²) in [6.45, 7) is 15.3. The maximum absolute atomic E-state index is 12.3. The van der Waals surface area contributed by atoms with Crippen molar-refractivity contribution in [3.63, 3.8) is 0 Å². The quantitative estimate of drug-likeness (QED) is 0.290. The number of hydrogen-bond acceptors (Lipinski definition) is 3. The average molecular weight is 528 g/mol. The Kier molecular flexibility index (Phi) is 10.5. The van der Waals surface area contributed by atoms with Crippen molar-refractivity contribution < 1.29 is 14.6 Å². The molecule has 0 aliphatic heterocycles. The highest BCUT2D eigenvalue weighted by Crippen LogP contribution is 2.43. The molecule has 3 nitrogen and oxygen atoms in total. The van der Waals surface area contributed by atoms with E-state index < -0.39 is 6.10 Å². The number of aliphatic hydroxyl groups excluding tert-OH is 1. The van der Waals surface area contributed by atoms with Gasteiger partial charge in [-0.25, -0.2) is 0 Å². The molecule has 1 aliphatic rings. The van der Waals surface area contributed by atoms with Gasteiger partial charge in [0.15, 0.2) is 5.78 Å². The van der Waals surface area contributed by atoms with Crippen LogP contribution in [0.25, 0.3) is 0 Å². The molecule has 2 aromatic carbocycles. The first-order chi connectivity index (χ1) is 15.8. The summed E-state index contributed by atoms with van der Waals surface area (Å²) in [4.78, 5) is 12.3. The Morgan fingerprint density at radius 3 is 2.32 bits per heavy atom. The van der Waals surface area contributed by atoms with Gasteiger partial charge >= 0.3 is 0 Å². The van der Waals surface area contributed by atoms with Crippen LogP contribution in [0.3, 0.4) is 0 Å². The number of carbonyl (C=O) groups is 1. The summed E-state index contributed by atoms with van der Waals surface area (Å²) in [6, 6.07) is 5.62. The molecule has 0 aromatic heterocycles. The normalized spacial score (nSPS) is 15.1. The van der Waals surface area contributed by atoms with Crippen LogP contribution in [0.5, 0.6) is 0 Å². The van der Waals surface area contributed by atoms with E-state index in [1.54, 1.807) is 19.1 Å². The van der Waals surface area contributed by atoms with Gasteiger partial charge in [0.2, 0.25) is 0 Å². The third kappa shape index (κ3) is 6.77. The van der Waals surface area contributed by atoms with Crippen molar-refractivity contribution in [1.29, 1.82) is 0 Å². The van der Waals surface area contributed by atoms with Crippen LogP contribution in [0, 0.1) is 6.92 Å². The summed E-state index contributed by atoms with van der Waals surface area (Å²) in [5, 5.41) is 10.4. The Balaban J connectivity index is 0.000000248. The first-order valence-corrected chi connectivity index (χ1v) is 13.0. The van der Waals surface area contributed by atoms with Gasteiger partial charge in [0.05, 0.1) is 29.4 Å². The third-order valence-corrected chi connectivity index (χ3v) is 7.63. The topological polar surface area (TPSA) is 46.5 Å². The standard InChI is InChI=1S/C18H26O.C10H11Cl3O2/c1-7-16(19)17-12(4)13-8-9-18(5,6)15(13)10-14(17)11(2)3;1-6(14)4-15-5-7-8(11)2-3-9(12)10(7)13/h10-11H,7-9H2,1-6H3;2-3,6,14H,4-5H2,1H3. The number of fused-ring (bicyclic) bond motifs is 1. The summed E-state index contributed by atoms with van der Waals surface area (Å²) >= 11 is 17.7. The van der Waals surface area contributed by atoms with Crippen molar-refractivity contribution in [2.75, 3.05) is 6.61 Å². The first kappa shape index (κ1) is 29.1. The molecule has 6 heteroatoms. The first-order valence-electron chi connectivity index (χ1n) is 11.9. The number of carbonyl (C=O) groups excluding carboxylic acids is 1. The Hall–Kier alpha value is -1.10. The fourth-order valence-electron chi connectivity index (χ4n) is 4.42. The van der Waals surface area contributed by atoms with Crippen LogP contribution in [-0.2, 0) is 23.2 Å². The van der Waals surface area contributed by atoms with Crippen molar-refractivity contribution >= 4 is 40.6 Å². The monoisotopic (exact) mass is 526 g/mol. The predicted octanol–water partition coefficient (Wildman–Crippen LogP) is 8.48. The number of benzene rings is 2. The Morgan fingerprint density at radius 1 is 1.15 bits per heavy atom. The summed E-state index contributed by atoms with van der Waals surface area (Å²) in [5.41, 5.74) is 7.32. The zero-order chi connectivity index (χ0) is 25.8. The lowest BCUT2D eigenvalue weighted by Gasteiger charge is -2.24. The van der Waals surface area contributed by atoms with Crippen molar-refractivity contribution in [3.05, 3.63) is 66.6 Å². The molecule has 0 bridgehead atoms. The Labute approximate surface area is 219 Å². The molecular formula is C28H37Cl3O3. The second-order valence-electron chi connectivity index (χ2n) is 9.99. The Morgan fingerprint density at radius 2 is 1.76 bits per heavy atom. The Bertz CT molecular complexity index is 1030. The molecule has 3 rings (SSSR count). The van der Waals surface area contributed by atoms with E-state index in [4.69, 9.17) is 44.6 Å². The van der Waals surface area contributed by atoms with Crippen LogP contribution in [-0.4, -0.2) is 23.6 Å². The molecule has 0 saturated carbocycles. The lowest BCUT2D eigenvalue weighted by molar-refractivity contribution is 0.0376. The number of Topliss-reactive ketones (excluding diaryl/α,β-unsaturated/α-hetero) is 1. The predicted molar refractivity (Wildman–Crippen MR) is 144 cm³/mol. The fourth-order valence-corrected chi connectivity index (χ4v) is 5.07. The zero-order valence-corrected chi connectivity index (χ0v) is 23.6. The maximum Gasteiger partial charge on any atom is 0.163 e. The van der Waals surface area contributed by atoms with Gasteiger partial charge in [0, 0.05) is 22.6 Å². The molecule has 0 spiro atoms. The molecule has 1 unspecified atom stereocenters. The van der Waals surface area contributed by atoms with Crippen LogP contribution in [0.1, 0.15) is 98.5 Å². The number of ether oxygens (including phenoxy) is 1. The van der Waals surface area contributed by atoms with E-state index in [0.717, 1.165) is 12.0 Å². The van der Waals surface area contributed by atoms with Crippen molar-refractivity contribution in [2.45, 2.75) is 91.8 Å². The molecule has 0 heterocycles. The van der Waals surface area contributed by atoms with E-state index in [-0.39, 0.29) is 18.6 Å². The molecule has 2 aromatic rings. The van der Waals surface area contributed by atoms with Crippen molar-refractivity contribution in [3.8, 4) is 0 Å². The molecule has 0 amide bonds. The number of ketones is 1. The summed E-state index contributed by atoms with van der Waals surface area (Å²) in [6.07, 6.45) is 2.41. The minimum Gasteiger partial charge on any atom is -0.391 e. The van der Waals surface area contributed by atoms with E-state index in [1.807, 2.05) is 6.92 Å². The zero-order valence-electron chi connectivity index (χ0n) is 21.3. The van der Waals surface area contributed by atoms with Crippen LogP contribution >= 0.6 is 34.8 Å². The average Bonchev–Trinajstić information content (AvgIpc) is 3.07. The minimum absolute atomic E-state index is 0.235. The number of rotatable bonds is 7. The number of aliphatic hydroxyl groups is 1. The highest BCUT2D eigenvalue weighted by atomic mass is 35.5. The smallest absolute Gasteiger partial charge is 0.163 e. The highest BCUT2D eigenvalue weighted by Gasteiger charge is 2.33. The maximum atomic E-state index is 12.3. The van der Waals surface area contributed by atoms with Crippen molar-refractivity contribution in [2.24, 2.45) is 0 Å². The van der Waals surface area contributed by atoms with Gasteiger partial charge in [0.1, 0.15) is 0 Å². The molecule has 188 valence electrons. The fraction of sp³-hybridized carbons (Fsp3) is 0.536. The molecule has 1 atom stereocenters. The molecular weight excluding hydrogens is 491 g/mol. The van der Waals surface area contributed by atoms with E-state index in [9.17, 15) is 4.79 Å². The van der Waals surface area contributed by atoms with Crippen LogP contribution in [0.15, 0.2) is 18.2 Å². The molecule has 1 aliphatic carbocycles. The summed E-state index contributed by atoms with van der Waals surface area (Å²) in [7, 11) is 0. The summed E-state index contributed by atoms with van der Waals surface area (Å²) < 4.78 is 5.22.